The average Bonchev–Trinajstić information content (AvgIpc) is 2.90. The molecule has 7 N–H and O–H groups in total. The number of carboxylic acid groups (broad SMARTS) is 2. The number of hydrogen-bond donors (Lipinski definition) is 7. The lowest BCUT2D eigenvalue weighted by molar-refractivity contribution is -0.000184. The predicted molar refractivity (Wildman–Crippen MR) is 150 cm³/mol. The van der Waals surface area contributed by atoms with Gasteiger partial charge in [0.15, 0.2) is 0 Å². The van der Waals surface area contributed by atoms with E-state index in [2.05, 4.69) is 5.32 Å². The van der Waals surface area contributed by atoms with Gasteiger partial charge in [-0.25, -0.2) is 9.59 Å². The van der Waals surface area contributed by atoms with E-state index in [1.54, 1.807) is 45.0 Å². The van der Waals surface area contributed by atoms with Crippen molar-refractivity contribution in [3.8, 4) is 0 Å². The summed E-state index contributed by atoms with van der Waals surface area (Å²) in [5.74, 6) is 0. The van der Waals surface area contributed by atoms with Crippen LogP contribution in [0.5, 0.6) is 0 Å². The largest absolute Gasteiger partial charge is 0.465 e. The van der Waals surface area contributed by atoms with Crippen LogP contribution in [0.25, 0.3) is 0 Å². The van der Waals surface area contributed by atoms with Crippen molar-refractivity contribution < 1.29 is 40.2 Å². The SMILES string of the molecule is CC(C)(C)N(C(=O)O)[C@@H](Cc1ccccc1)[C@H](O)CNC[C@@H](O)[C@H](Cc1ccccc1)N(C[C@@H](O)CO)C(=O)O. The molecule has 0 aliphatic carbocycles. The maximum Gasteiger partial charge on any atom is 0.408 e. The van der Waals surface area contributed by atoms with E-state index in [4.69, 9.17) is 0 Å². The monoisotopic (exact) mass is 561 g/mol. The second kappa shape index (κ2) is 15.5. The first-order valence-corrected chi connectivity index (χ1v) is 13.3. The Morgan fingerprint density at radius 1 is 0.775 bits per heavy atom. The van der Waals surface area contributed by atoms with Crippen molar-refractivity contribution in [1.29, 1.82) is 0 Å². The van der Waals surface area contributed by atoms with Crippen LogP contribution in [0.4, 0.5) is 9.59 Å². The average molecular weight is 562 g/mol. The lowest BCUT2D eigenvalue weighted by Crippen LogP contribution is -2.58. The molecule has 2 aromatic rings. The third-order valence-electron chi connectivity index (χ3n) is 6.70. The van der Waals surface area contributed by atoms with Crippen LogP contribution in [-0.4, -0.2) is 115 Å². The number of nitrogens with one attached hydrogen (secondary N) is 1. The zero-order valence-electron chi connectivity index (χ0n) is 23.3. The molecule has 0 spiro atoms. The fourth-order valence-corrected chi connectivity index (χ4v) is 4.78. The quantitative estimate of drug-likeness (QED) is 0.170. The number of aliphatic hydroxyl groups is 4. The third kappa shape index (κ3) is 10.1. The van der Waals surface area contributed by atoms with Crippen LogP contribution in [0.1, 0.15) is 31.9 Å². The van der Waals surface area contributed by atoms with Gasteiger partial charge in [-0.2, -0.15) is 0 Å². The van der Waals surface area contributed by atoms with Gasteiger partial charge in [0, 0.05) is 18.6 Å². The molecular weight excluding hydrogens is 518 g/mol. The van der Waals surface area contributed by atoms with E-state index in [1.807, 2.05) is 36.4 Å². The lowest BCUT2D eigenvalue weighted by atomic mass is 9.94. The molecule has 0 fully saturated rings. The Morgan fingerprint density at radius 3 is 1.62 bits per heavy atom. The summed E-state index contributed by atoms with van der Waals surface area (Å²) in [6.45, 7) is 4.02. The van der Waals surface area contributed by atoms with Crippen LogP contribution in [0.2, 0.25) is 0 Å². The van der Waals surface area contributed by atoms with Crippen LogP contribution in [0.15, 0.2) is 60.7 Å². The number of aliphatic hydroxyl groups excluding tert-OH is 4. The van der Waals surface area contributed by atoms with Gasteiger partial charge in [-0.1, -0.05) is 60.7 Å². The zero-order valence-corrected chi connectivity index (χ0v) is 23.3. The maximum atomic E-state index is 12.2. The van der Waals surface area contributed by atoms with Crippen molar-refractivity contribution in [3.63, 3.8) is 0 Å². The summed E-state index contributed by atoms with van der Waals surface area (Å²) in [6, 6.07) is 16.4. The van der Waals surface area contributed by atoms with E-state index in [-0.39, 0.29) is 25.9 Å². The molecule has 0 saturated carbocycles. The minimum Gasteiger partial charge on any atom is -0.465 e. The summed E-state index contributed by atoms with van der Waals surface area (Å²) in [7, 11) is 0. The first kappa shape index (κ1) is 33.0. The van der Waals surface area contributed by atoms with Crippen molar-refractivity contribution in [2.45, 2.75) is 69.5 Å². The smallest absolute Gasteiger partial charge is 0.408 e. The molecule has 0 aliphatic rings. The Labute approximate surface area is 235 Å². The molecule has 5 atom stereocenters. The predicted octanol–water partition coefficient (Wildman–Crippen LogP) is 1.63. The Kier molecular flexibility index (Phi) is 12.8. The summed E-state index contributed by atoms with van der Waals surface area (Å²) in [5.41, 5.74) is 0.813. The van der Waals surface area contributed by atoms with E-state index < -0.39 is 61.3 Å². The molecule has 11 nitrogen and oxygen atoms in total. The van der Waals surface area contributed by atoms with Gasteiger partial charge in [0.1, 0.15) is 0 Å². The molecule has 0 bridgehead atoms. The van der Waals surface area contributed by atoms with Gasteiger partial charge in [0.25, 0.3) is 0 Å². The molecule has 11 heteroatoms. The van der Waals surface area contributed by atoms with Gasteiger partial charge in [0.2, 0.25) is 0 Å². The van der Waals surface area contributed by atoms with Gasteiger partial charge in [-0.3, -0.25) is 9.80 Å². The Morgan fingerprint density at radius 2 is 1.23 bits per heavy atom. The first-order valence-electron chi connectivity index (χ1n) is 13.3. The maximum absolute atomic E-state index is 12.2. The molecule has 2 aromatic carbocycles. The first-order chi connectivity index (χ1) is 18.8. The number of benzene rings is 2. The Hall–Kier alpha value is -3.22. The molecule has 0 saturated heterocycles. The van der Waals surface area contributed by atoms with Crippen LogP contribution >= 0.6 is 0 Å². The minimum absolute atomic E-state index is 0.0706. The molecule has 0 aromatic heterocycles. The highest BCUT2D eigenvalue weighted by molar-refractivity contribution is 5.67. The third-order valence-corrected chi connectivity index (χ3v) is 6.70. The molecule has 40 heavy (non-hydrogen) atoms. The normalized spacial score (nSPS) is 15.5. The van der Waals surface area contributed by atoms with Crippen molar-refractivity contribution in [2.24, 2.45) is 0 Å². The number of amides is 2. The molecule has 2 rings (SSSR count). The van der Waals surface area contributed by atoms with Crippen molar-refractivity contribution in [1.82, 2.24) is 15.1 Å². The van der Waals surface area contributed by atoms with Gasteiger partial charge in [0.05, 0.1) is 43.5 Å². The van der Waals surface area contributed by atoms with Gasteiger partial charge in [-0.15, -0.1) is 0 Å². The molecule has 0 radical (unpaired) electrons. The van der Waals surface area contributed by atoms with E-state index in [0.717, 1.165) is 16.0 Å². The molecular formula is C29H43N3O8. The van der Waals surface area contributed by atoms with Gasteiger partial charge < -0.3 is 36.0 Å². The summed E-state index contributed by atoms with van der Waals surface area (Å²) in [5, 5.41) is 64.2. The lowest BCUT2D eigenvalue weighted by Gasteiger charge is -2.42. The van der Waals surface area contributed by atoms with E-state index >= 15 is 0 Å². The summed E-state index contributed by atoms with van der Waals surface area (Å²) < 4.78 is 0. The van der Waals surface area contributed by atoms with Gasteiger partial charge >= 0.3 is 12.2 Å². The van der Waals surface area contributed by atoms with Crippen LogP contribution in [0.3, 0.4) is 0 Å². The number of hydrogen-bond acceptors (Lipinski definition) is 7. The highest BCUT2D eigenvalue weighted by Crippen LogP contribution is 2.23. The highest BCUT2D eigenvalue weighted by atomic mass is 16.4. The Bertz CT molecular complexity index is 1030. The summed E-state index contributed by atoms with van der Waals surface area (Å²) in [6.07, 6.45) is -5.85. The van der Waals surface area contributed by atoms with Gasteiger partial charge in [-0.05, 0) is 44.7 Å². The van der Waals surface area contributed by atoms with Crippen molar-refractivity contribution in [2.75, 3.05) is 26.2 Å². The summed E-state index contributed by atoms with van der Waals surface area (Å²) in [4.78, 5) is 26.4. The standard InChI is InChI=1S/C29H43N3O8/c1-29(2,3)32(28(39)40)24(15-21-12-8-5-9-13-21)26(36)17-30-16-25(35)23(14-20-10-6-4-7-11-20)31(27(37)38)18-22(34)19-33/h4-13,22-26,30,33-36H,14-19H2,1-3H3,(H,37,38)(H,39,40)/t22-,23+,24+,25-,26-/m1/s1. The van der Waals surface area contributed by atoms with E-state index in [9.17, 15) is 40.2 Å². The molecule has 0 aliphatic heterocycles. The second-order valence-electron chi connectivity index (χ2n) is 10.9. The number of carbonyl (C=O) groups is 2. The van der Waals surface area contributed by atoms with Crippen LogP contribution in [0, 0.1) is 0 Å². The van der Waals surface area contributed by atoms with E-state index in [0.29, 0.717) is 0 Å². The molecule has 222 valence electrons. The minimum atomic E-state index is -1.36. The Balaban J connectivity index is 2.21. The number of rotatable bonds is 15. The molecule has 0 heterocycles. The summed E-state index contributed by atoms with van der Waals surface area (Å²) >= 11 is 0. The van der Waals surface area contributed by atoms with Crippen molar-refractivity contribution in [3.05, 3.63) is 71.8 Å². The van der Waals surface area contributed by atoms with Crippen LogP contribution < -0.4 is 5.32 Å². The van der Waals surface area contributed by atoms with Crippen LogP contribution in [-0.2, 0) is 12.8 Å². The molecule has 0 unspecified atom stereocenters. The fraction of sp³-hybridized carbons (Fsp3) is 0.517. The van der Waals surface area contributed by atoms with E-state index in [1.165, 1.54) is 4.90 Å². The topological polar surface area (TPSA) is 174 Å². The fourth-order valence-electron chi connectivity index (χ4n) is 4.78. The number of nitrogens with zero attached hydrogens (tertiary/aromatic N) is 2. The highest BCUT2D eigenvalue weighted by Gasteiger charge is 2.37. The second-order valence-corrected chi connectivity index (χ2v) is 10.9. The van der Waals surface area contributed by atoms with Crippen molar-refractivity contribution >= 4 is 12.2 Å². The zero-order chi connectivity index (χ0) is 29.9. The molecule has 2 amide bonds.